The molecule has 0 radical (unpaired) electrons. The SMILES string of the molecule is CCNC(=O)CCOc1ccc(C)nc1C=CC(=O)O. The van der Waals surface area contributed by atoms with Crippen LogP contribution in [0.2, 0.25) is 0 Å². The summed E-state index contributed by atoms with van der Waals surface area (Å²) in [4.78, 5) is 26.0. The van der Waals surface area contributed by atoms with E-state index in [1.807, 2.05) is 6.92 Å². The van der Waals surface area contributed by atoms with E-state index in [9.17, 15) is 9.59 Å². The second-order valence-electron chi connectivity index (χ2n) is 4.06. The Morgan fingerprint density at radius 1 is 1.45 bits per heavy atom. The monoisotopic (exact) mass is 278 g/mol. The van der Waals surface area contributed by atoms with Gasteiger partial charge in [-0.15, -0.1) is 0 Å². The van der Waals surface area contributed by atoms with Crippen molar-refractivity contribution in [1.29, 1.82) is 0 Å². The Balaban J connectivity index is 2.69. The molecule has 108 valence electrons. The molecule has 6 heteroatoms. The van der Waals surface area contributed by atoms with E-state index in [-0.39, 0.29) is 18.9 Å². The van der Waals surface area contributed by atoms with E-state index >= 15 is 0 Å². The number of aliphatic carboxylic acids is 1. The second kappa shape index (κ2) is 7.93. The highest BCUT2D eigenvalue weighted by molar-refractivity contribution is 5.85. The predicted molar refractivity (Wildman–Crippen MR) is 74.4 cm³/mol. The highest BCUT2D eigenvalue weighted by Gasteiger charge is 2.05. The van der Waals surface area contributed by atoms with Crippen molar-refractivity contribution in [3.05, 3.63) is 29.6 Å². The maximum absolute atomic E-state index is 11.3. The lowest BCUT2D eigenvalue weighted by atomic mass is 10.2. The van der Waals surface area contributed by atoms with Crippen LogP contribution < -0.4 is 10.1 Å². The number of ether oxygens (including phenoxy) is 1. The lowest BCUT2D eigenvalue weighted by Crippen LogP contribution is -2.24. The van der Waals surface area contributed by atoms with Gasteiger partial charge in [-0.25, -0.2) is 9.78 Å². The van der Waals surface area contributed by atoms with Crippen LogP contribution in [-0.2, 0) is 9.59 Å². The Hall–Kier alpha value is -2.37. The first-order chi connectivity index (χ1) is 9.52. The summed E-state index contributed by atoms with van der Waals surface area (Å²) in [5.41, 5.74) is 1.19. The first-order valence-corrected chi connectivity index (χ1v) is 6.31. The minimum absolute atomic E-state index is 0.0878. The molecule has 1 amide bonds. The molecule has 0 aliphatic carbocycles. The molecule has 0 saturated carbocycles. The van der Waals surface area contributed by atoms with Crippen LogP contribution in [0.5, 0.6) is 5.75 Å². The second-order valence-corrected chi connectivity index (χ2v) is 4.06. The lowest BCUT2D eigenvalue weighted by molar-refractivity contribution is -0.131. The molecule has 20 heavy (non-hydrogen) atoms. The van der Waals surface area contributed by atoms with E-state index in [1.54, 1.807) is 19.1 Å². The van der Waals surface area contributed by atoms with Gasteiger partial charge >= 0.3 is 5.97 Å². The number of aryl methyl sites for hydroxylation is 1. The number of pyridine rings is 1. The molecule has 0 fully saturated rings. The molecule has 0 saturated heterocycles. The Morgan fingerprint density at radius 3 is 2.85 bits per heavy atom. The van der Waals surface area contributed by atoms with Gasteiger partial charge in [0.15, 0.2) is 0 Å². The zero-order chi connectivity index (χ0) is 15.0. The molecule has 1 heterocycles. The molecule has 0 spiro atoms. The van der Waals surface area contributed by atoms with E-state index in [0.29, 0.717) is 18.0 Å². The molecule has 0 aliphatic rings. The summed E-state index contributed by atoms with van der Waals surface area (Å²) in [5, 5.41) is 11.3. The summed E-state index contributed by atoms with van der Waals surface area (Å²) in [6.45, 7) is 4.44. The molecule has 6 nitrogen and oxygen atoms in total. The molecule has 1 rings (SSSR count). The fourth-order valence-electron chi connectivity index (χ4n) is 1.49. The van der Waals surface area contributed by atoms with Crippen molar-refractivity contribution in [2.75, 3.05) is 13.2 Å². The number of aromatic nitrogens is 1. The average Bonchev–Trinajstić information content (AvgIpc) is 2.38. The van der Waals surface area contributed by atoms with E-state index in [2.05, 4.69) is 10.3 Å². The standard InChI is InChI=1S/C14H18N2O4/c1-3-15-13(17)8-9-20-12-6-4-10(2)16-11(12)5-7-14(18)19/h4-7H,3,8-9H2,1-2H3,(H,15,17)(H,18,19). The zero-order valence-electron chi connectivity index (χ0n) is 11.5. The third-order valence-electron chi connectivity index (χ3n) is 2.37. The third-order valence-corrected chi connectivity index (χ3v) is 2.37. The van der Waals surface area contributed by atoms with Gasteiger partial charge in [-0.1, -0.05) is 0 Å². The quantitative estimate of drug-likeness (QED) is 0.736. The van der Waals surface area contributed by atoms with Gasteiger partial charge in [-0.3, -0.25) is 4.79 Å². The minimum Gasteiger partial charge on any atom is -0.491 e. The zero-order valence-corrected chi connectivity index (χ0v) is 11.5. The van der Waals surface area contributed by atoms with Crippen molar-refractivity contribution in [2.45, 2.75) is 20.3 Å². The third kappa shape index (κ3) is 5.51. The maximum Gasteiger partial charge on any atom is 0.328 e. The summed E-state index contributed by atoms with van der Waals surface area (Å²) in [7, 11) is 0. The highest BCUT2D eigenvalue weighted by Crippen LogP contribution is 2.18. The van der Waals surface area contributed by atoms with Gasteiger partial charge in [0.2, 0.25) is 5.91 Å². The van der Waals surface area contributed by atoms with Crippen LogP contribution in [0.4, 0.5) is 0 Å². The van der Waals surface area contributed by atoms with Crippen LogP contribution >= 0.6 is 0 Å². The van der Waals surface area contributed by atoms with Crippen LogP contribution in [0.25, 0.3) is 6.08 Å². The number of amides is 1. The molecular weight excluding hydrogens is 260 g/mol. The van der Waals surface area contributed by atoms with Crippen LogP contribution in [0.1, 0.15) is 24.7 Å². The van der Waals surface area contributed by atoms with Crippen molar-refractivity contribution in [1.82, 2.24) is 10.3 Å². The van der Waals surface area contributed by atoms with Gasteiger partial charge in [0.25, 0.3) is 0 Å². The number of hydrogen-bond donors (Lipinski definition) is 2. The van der Waals surface area contributed by atoms with E-state index in [4.69, 9.17) is 9.84 Å². The van der Waals surface area contributed by atoms with Gasteiger partial charge < -0.3 is 15.2 Å². The van der Waals surface area contributed by atoms with E-state index in [0.717, 1.165) is 11.8 Å². The van der Waals surface area contributed by atoms with Crippen LogP contribution in [-0.4, -0.2) is 35.1 Å². The summed E-state index contributed by atoms with van der Waals surface area (Å²) >= 11 is 0. The Morgan fingerprint density at radius 2 is 2.20 bits per heavy atom. The highest BCUT2D eigenvalue weighted by atomic mass is 16.5. The van der Waals surface area contributed by atoms with E-state index < -0.39 is 5.97 Å². The Labute approximate surface area is 117 Å². The molecule has 0 aliphatic heterocycles. The van der Waals surface area contributed by atoms with Gasteiger partial charge in [0.1, 0.15) is 11.4 Å². The summed E-state index contributed by atoms with van der Waals surface area (Å²) in [6.07, 6.45) is 2.61. The molecule has 0 aromatic carbocycles. The fraction of sp³-hybridized carbons (Fsp3) is 0.357. The molecule has 1 aromatic heterocycles. The van der Waals surface area contributed by atoms with Crippen molar-refractivity contribution in [2.24, 2.45) is 0 Å². The normalized spacial score (nSPS) is 10.5. The van der Waals surface area contributed by atoms with E-state index in [1.165, 1.54) is 6.08 Å². The molecule has 1 aromatic rings. The Kier molecular flexibility index (Phi) is 6.22. The van der Waals surface area contributed by atoms with Gasteiger partial charge in [-0.05, 0) is 32.1 Å². The largest absolute Gasteiger partial charge is 0.491 e. The number of carbonyl (C=O) groups is 2. The molecule has 2 N–H and O–H groups in total. The average molecular weight is 278 g/mol. The molecule has 0 bridgehead atoms. The number of rotatable bonds is 7. The summed E-state index contributed by atoms with van der Waals surface area (Å²) < 4.78 is 5.47. The first-order valence-electron chi connectivity index (χ1n) is 6.31. The van der Waals surface area contributed by atoms with Crippen molar-refractivity contribution >= 4 is 18.0 Å². The smallest absolute Gasteiger partial charge is 0.328 e. The number of carbonyl (C=O) groups excluding carboxylic acids is 1. The fourth-order valence-corrected chi connectivity index (χ4v) is 1.49. The topological polar surface area (TPSA) is 88.5 Å². The predicted octanol–water partition coefficient (Wildman–Crippen LogP) is 1.39. The number of hydrogen-bond acceptors (Lipinski definition) is 4. The van der Waals surface area contributed by atoms with Crippen LogP contribution in [0.3, 0.4) is 0 Å². The van der Waals surface area contributed by atoms with Crippen LogP contribution in [0, 0.1) is 6.92 Å². The number of nitrogens with zero attached hydrogens (tertiary/aromatic N) is 1. The van der Waals surface area contributed by atoms with Gasteiger partial charge in [0, 0.05) is 18.3 Å². The van der Waals surface area contributed by atoms with Crippen LogP contribution in [0.15, 0.2) is 18.2 Å². The Bertz CT molecular complexity index is 512. The number of carboxylic acids is 1. The number of carboxylic acid groups (broad SMARTS) is 1. The van der Waals surface area contributed by atoms with Gasteiger partial charge in [0.05, 0.1) is 13.0 Å². The van der Waals surface area contributed by atoms with Gasteiger partial charge in [-0.2, -0.15) is 0 Å². The molecular formula is C14H18N2O4. The first kappa shape index (κ1) is 15.7. The maximum atomic E-state index is 11.3. The summed E-state index contributed by atoms with van der Waals surface area (Å²) in [6, 6.07) is 3.47. The summed E-state index contributed by atoms with van der Waals surface area (Å²) in [5.74, 6) is -0.686. The lowest BCUT2D eigenvalue weighted by Gasteiger charge is -2.09. The van der Waals surface area contributed by atoms with Crippen molar-refractivity contribution in [3.63, 3.8) is 0 Å². The molecule has 0 atom stereocenters. The van der Waals surface area contributed by atoms with Crippen molar-refractivity contribution in [3.8, 4) is 5.75 Å². The molecule has 0 unspecified atom stereocenters. The van der Waals surface area contributed by atoms with Crippen molar-refractivity contribution < 1.29 is 19.4 Å². The number of nitrogens with one attached hydrogen (secondary N) is 1. The minimum atomic E-state index is -1.05.